The van der Waals surface area contributed by atoms with Crippen LogP contribution in [0.5, 0.6) is 34.5 Å². The molecule has 0 spiro atoms. The Hall–Kier alpha value is -11.4. The van der Waals surface area contributed by atoms with E-state index in [1.807, 2.05) is 166 Å². The van der Waals surface area contributed by atoms with Crippen molar-refractivity contribution in [2.24, 2.45) is 21.1 Å². The summed E-state index contributed by atoms with van der Waals surface area (Å²) in [6, 6.07) is 35.7. The summed E-state index contributed by atoms with van der Waals surface area (Å²) in [5.74, 6) is 10.5. The zero-order valence-electron chi connectivity index (χ0n) is 61.8. The summed E-state index contributed by atoms with van der Waals surface area (Å²) < 4.78 is 38.4. The Morgan fingerprint density at radius 3 is 1.25 bits per heavy atom. The summed E-state index contributed by atoms with van der Waals surface area (Å²) in [5, 5.41) is 40.7. The highest BCUT2D eigenvalue weighted by Gasteiger charge is 2.27. The first-order valence-electron chi connectivity index (χ1n) is 34.3. The van der Waals surface area contributed by atoms with E-state index in [2.05, 4.69) is 90.4 Å². The lowest BCUT2D eigenvalue weighted by atomic mass is 9.93. The molecule has 1 fully saturated rings. The van der Waals surface area contributed by atoms with Crippen molar-refractivity contribution in [1.29, 1.82) is 0 Å². The average Bonchev–Trinajstić information content (AvgIpc) is 1.78. The fourth-order valence-electron chi connectivity index (χ4n) is 12.5. The third kappa shape index (κ3) is 19.2. The van der Waals surface area contributed by atoms with Gasteiger partial charge in [0.2, 0.25) is 0 Å². The van der Waals surface area contributed by atoms with Gasteiger partial charge in [0.1, 0.15) is 40.1 Å². The Morgan fingerprint density at radius 1 is 0.505 bits per heavy atom. The van der Waals surface area contributed by atoms with Gasteiger partial charge in [-0.2, -0.15) is 15.3 Å². The number of ether oxygens (including phenoxy) is 6. The predicted octanol–water partition coefficient (Wildman–Crippen LogP) is 13.8. The van der Waals surface area contributed by atoms with E-state index in [1.165, 1.54) is 0 Å². The predicted molar refractivity (Wildman–Crippen MR) is 429 cm³/mol. The fraction of sp³-hybridized carbons (Fsp3) is 0.354. The number of methoxy groups -OCH3 is 6. The molecule has 4 N–H and O–H groups in total. The van der Waals surface area contributed by atoms with Crippen molar-refractivity contribution in [3.63, 3.8) is 0 Å². The van der Waals surface area contributed by atoms with E-state index in [-0.39, 0.29) is 28.9 Å². The number of piperidine rings is 1. The molecule has 0 saturated carbocycles. The quantitative estimate of drug-likeness (QED) is 0.0460. The maximum atomic E-state index is 10.9. The summed E-state index contributed by atoms with van der Waals surface area (Å²) in [4.78, 5) is 34.9. The molecule has 13 rings (SSSR count). The lowest BCUT2D eigenvalue weighted by molar-refractivity contribution is 0.0679. The zero-order chi connectivity index (χ0) is 73.8. The molecule has 0 radical (unpaired) electrons. The second-order valence-electron chi connectivity index (χ2n) is 25.5. The minimum absolute atomic E-state index is 0. The molecule has 1 saturated heterocycles. The van der Waals surface area contributed by atoms with Crippen LogP contribution >= 0.6 is 0 Å². The number of fused-ring (bicyclic) bond motifs is 3. The molecule has 0 atom stereocenters. The molecule has 0 bridgehead atoms. The number of aliphatic hydroxyl groups excluding tert-OH is 1. The number of rotatable bonds is 22. The van der Waals surface area contributed by atoms with Gasteiger partial charge >= 0.3 is 0 Å². The Morgan fingerprint density at radius 2 is 0.888 bits per heavy atom. The summed E-state index contributed by atoms with van der Waals surface area (Å²) in [5.41, 5.74) is 18.5. The Balaban J connectivity index is 0.000000200. The van der Waals surface area contributed by atoms with Gasteiger partial charge in [0, 0.05) is 170 Å². The van der Waals surface area contributed by atoms with Crippen molar-refractivity contribution in [3.05, 3.63) is 163 Å². The first-order valence-corrected chi connectivity index (χ1v) is 34.3. The van der Waals surface area contributed by atoms with Crippen molar-refractivity contribution in [2.75, 3.05) is 103 Å². The molecule has 25 heteroatoms. The highest BCUT2D eigenvalue weighted by atomic mass is 16.5. The minimum Gasteiger partial charge on any atom is -0.497 e. The van der Waals surface area contributed by atoms with E-state index in [1.54, 1.807) is 65.9 Å². The number of aromatic nitrogens is 12. The average molecular weight is 1450 g/mol. The fourth-order valence-corrected chi connectivity index (χ4v) is 12.5. The van der Waals surface area contributed by atoms with E-state index in [4.69, 9.17) is 48.4 Å². The van der Waals surface area contributed by atoms with Gasteiger partial charge in [-0.05, 0) is 108 Å². The van der Waals surface area contributed by atoms with E-state index >= 15 is 0 Å². The van der Waals surface area contributed by atoms with Crippen LogP contribution in [0.15, 0.2) is 140 Å². The maximum Gasteiger partial charge on any atom is 0.128 e. The summed E-state index contributed by atoms with van der Waals surface area (Å²) in [7, 11) is 15.6. The van der Waals surface area contributed by atoms with Gasteiger partial charge in [-0.3, -0.25) is 29.0 Å². The van der Waals surface area contributed by atoms with Crippen LogP contribution in [0, 0.1) is 39.5 Å². The van der Waals surface area contributed by atoms with Crippen LogP contribution in [-0.2, 0) is 21.1 Å². The Bertz CT molecular complexity index is 4990. The highest BCUT2D eigenvalue weighted by Crippen LogP contribution is 2.39. The molecule has 107 heavy (non-hydrogen) atoms. The monoisotopic (exact) mass is 1450 g/mol. The molecule has 25 nitrogen and oxygen atoms in total. The van der Waals surface area contributed by atoms with Crippen molar-refractivity contribution in [2.45, 2.75) is 88.3 Å². The van der Waals surface area contributed by atoms with Crippen molar-refractivity contribution >= 4 is 67.2 Å². The number of hydrogen-bond acceptors (Lipinski definition) is 22. The van der Waals surface area contributed by atoms with E-state index in [0.29, 0.717) is 55.0 Å². The van der Waals surface area contributed by atoms with E-state index < -0.39 is 5.60 Å². The SMILES string of the molecule is C.C.C.COc1cc(OC)cc(N(CC#CC2(O)CCNCC2)c2ccc3ncc(-c4cnn(C)c4)nc3c2)c1.COc1cc(OC)cc(N(CCNC(C)C)c2ccc3ncc(-c4c(C)nn(C)c4C)nc3c2)c1.COc1cc(OC)cc(N(CCO)c2ccc3ncc(-c4c(C)nn(C)c4C)nc3c2)c1. The molecule has 0 unspecified atom stereocenters. The minimum atomic E-state index is -0.976. The molecular formula is C82H103N17O8. The molecule has 6 aromatic heterocycles. The summed E-state index contributed by atoms with van der Waals surface area (Å²) in [6.07, 6.45) is 10.3. The molecular weight excluding hydrogens is 1350 g/mol. The standard InChI is InChI=1S/C28H30N6O3.C27H34N6O2.C24H27N5O3.3CH4/c1-33-19-20(17-31-33)27-18-30-25-6-5-21(15-26(25)32-27)34(12-4-7-28(35)8-10-29-11-9-28)22-13-23(36-2)16-24(14-22)37-3;1-17(2)28-10-11-33(21-12-22(34-6)15-23(13-21)35-7)20-8-9-24-25(14-20)30-26(16-29-24)27-18(3)31-32(5)19(27)4;1-15-24(16(2)28(3)27-15)23-14-25-21-7-6-17(12-22(21)26-23)29(8-9-30)18-10-19(31-4)13-20(11-18)32-5;;;/h5-6,13-19,29,35H,8-12H2,1-3H3;8-9,12-17,28H,10-11H2,1-7H3;6-7,10-14,30H,8-9H2,1-5H3;3*1H4. The van der Waals surface area contributed by atoms with Crippen molar-refractivity contribution in [1.82, 2.24) is 69.9 Å². The summed E-state index contributed by atoms with van der Waals surface area (Å²) >= 11 is 0. The van der Waals surface area contributed by atoms with Gasteiger partial charge in [0.15, 0.2) is 0 Å². The zero-order valence-corrected chi connectivity index (χ0v) is 61.8. The first kappa shape index (κ1) is 81.2. The topological polar surface area (TPSA) is 260 Å². The lowest BCUT2D eigenvalue weighted by Gasteiger charge is -2.28. The van der Waals surface area contributed by atoms with Crippen molar-refractivity contribution < 1.29 is 38.6 Å². The molecule has 6 aromatic carbocycles. The van der Waals surface area contributed by atoms with Crippen LogP contribution in [0.2, 0.25) is 0 Å². The first-order chi connectivity index (χ1) is 50.2. The van der Waals surface area contributed by atoms with Gasteiger partial charge in [-0.1, -0.05) is 48.0 Å². The van der Waals surface area contributed by atoms with Crippen LogP contribution < -0.4 is 53.8 Å². The van der Waals surface area contributed by atoms with Crippen LogP contribution in [0.4, 0.5) is 34.1 Å². The number of benzene rings is 6. The molecule has 0 aliphatic carbocycles. The van der Waals surface area contributed by atoms with E-state index in [0.717, 1.165) is 161 Å². The number of nitrogens with one attached hydrogen (secondary N) is 2. The molecule has 7 heterocycles. The highest BCUT2D eigenvalue weighted by molar-refractivity contribution is 5.86. The normalized spacial score (nSPS) is 12.1. The lowest BCUT2D eigenvalue weighted by Crippen LogP contribution is -2.40. The number of hydrogen-bond donors (Lipinski definition) is 4. The molecule has 0 amide bonds. The van der Waals surface area contributed by atoms with Crippen LogP contribution in [0.1, 0.15) is 71.7 Å². The summed E-state index contributed by atoms with van der Waals surface area (Å²) in [6.45, 7) is 16.2. The second-order valence-corrected chi connectivity index (χ2v) is 25.5. The number of anilines is 6. The third-order valence-electron chi connectivity index (χ3n) is 18.2. The number of aryl methyl sites for hydroxylation is 5. The Labute approximate surface area is 628 Å². The second kappa shape index (κ2) is 36.5. The van der Waals surface area contributed by atoms with Gasteiger partial charge in [0.25, 0.3) is 0 Å². The number of nitrogens with zero attached hydrogens (tertiary/aromatic N) is 15. The van der Waals surface area contributed by atoms with Crippen molar-refractivity contribution in [3.8, 4) is 80.1 Å². The largest absolute Gasteiger partial charge is 0.497 e. The van der Waals surface area contributed by atoms with Crippen LogP contribution in [0.25, 0.3) is 66.9 Å². The number of aliphatic hydroxyl groups is 2. The molecule has 1 aliphatic rings. The van der Waals surface area contributed by atoms with Crippen LogP contribution in [-0.4, -0.2) is 170 Å². The van der Waals surface area contributed by atoms with Gasteiger partial charge in [0.05, 0.1) is 142 Å². The third-order valence-corrected chi connectivity index (χ3v) is 18.2. The molecule has 1 aliphatic heterocycles. The van der Waals surface area contributed by atoms with Gasteiger partial charge in [-0.15, -0.1) is 0 Å². The maximum absolute atomic E-state index is 10.9. The van der Waals surface area contributed by atoms with E-state index in [9.17, 15) is 10.2 Å². The molecule has 564 valence electrons. The van der Waals surface area contributed by atoms with Crippen LogP contribution in [0.3, 0.4) is 0 Å². The smallest absolute Gasteiger partial charge is 0.128 e. The Kier molecular flexibility index (Phi) is 27.7. The van der Waals surface area contributed by atoms with Gasteiger partial charge in [-0.25, -0.2) is 15.0 Å². The van der Waals surface area contributed by atoms with Gasteiger partial charge < -0.3 is 64.0 Å². The molecule has 12 aromatic rings.